The van der Waals surface area contributed by atoms with E-state index in [1.165, 1.54) is 0 Å². The first kappa shape index (κ1) is 1.22. The van der Waals surface area contributed by atoms with Crippen molar-refractivity contribution in [3.8, 4) is 5.88 Å². The van der Waals surface area contributed by atoms with Gasteiger partial charge in [-0.1, -0.05) is 6.04 Å². The summed E-state index contributed by atoms with van der Waals surface area (Å²) in [5.74, 6) is -0.416. The van der Waals surface area contributed by atoms with Gasteiger partial charge in [-0.3, -0.25) is 0 Å². The van der Waals surface area contributed by atoms with Gasteiger partial charge in [0.05, 0.1) is 5.48 Å². The van der Waals surface area contributed by atoms with Gasteiger partial charge in [-0.05, 0) is 6.04 Å². The molecule has 0 spiro atoms. The van der Waals surface area contributed by atoms with Crippen LogP contribution in [0.3, 0.4) is 0 Å². The summed E-state index contributed by atoms with van der Waals surface area (Å²) in [6, 6.07) is -1.32. The normalized spacial score (nSPS) is 18.0. The Kier molecular flexibility index (Phi) is 0.278. The van der Waals surface area contributed by atoms with Crippen LogP contribution < -0.4 is 0 Å². The number of pyridine rings is 1. The zero-order valence-electron chi connectivity index (χ0n) is 8.36. The Bertz CT molecular complexity index is 315. The average molecular weight is 100 g/mol. The van der Waals surface area contributed by atoms with Crippen molar-refractivity contribution in [1.82, 2.24) is 4.98 Å². The lowest BCUT2D eigenvalue weighted by atomic mass is 10.5. The smallest absolute Gasteiger partial charge is 0.295 e. The van der Waals surface area contributed by atoms with Crippen molar-refractivity contribution in [3.63, 3.8) is 0 Å². The van der Waals surface area contributed by atoms with E-state index >= 15 is 0 Å². The SMILES string of the molecule is [2H]Oc1nc([2H])c([2H])c([2H])c1[2H]. The molecule has 0 saturated heterocycles. The largest absolute Gasteiger partial charge is 0.493 e. The van der Waals surface area contributed by atoms with Crippen LogP contribution in [0.25, 0.3) is 0 Å². The van der Waals surface area contributed by atoms with E-state index in [2.05, 4.69) is 10.1 Å². The summed E-state index contributed by atoms with van der Waals surface area (Å²) in [4.78, 5) is 3.31. The summed E-state index contributed by atoms with van der Waals surface area (Å²) < 4.78 is 34.8. The molecule has 1 N–H and O–H groups in total. The van der Waals surface area contributed by atoms with E-state index in [9.17, 15) is 0 Å². The molecule has 36 valence electrons. The number of aromatic nitrogens is 1. The number of hydrogen-bond donors (Lipinski definition) is 1. The minimum absolute atomic E-state index is 0.416. The van der Waals surface area contributed by atoms with Crippen LogP contribution in [0.4, 0.5) is 0 Å². The Labute approximate surface area is 48.6 Å². The summed E-state index contributed by atoms with van der Waals surface area (Å²) in [6.07, 6.45) is -0.460. The standard InChI is InChI=1S/C5H5NO/c7-5-3-1-2-4-6-5/h1-4H,(H,6,7)/i1D,2D,3D,4D/hD. The van der Waals surface area contributed by atoms with E-state index in [1.54, 1.807) is 0 Å². The molecule has 0 radical (unpaired) electrons. The van der Waals surface area contributed by atoms with Gasteiger partial charge in [-0.25, -0.2) is 4.98 Å². The summed E-state index contributed by atoms with van der Waals surface area (Å²) in [6.45, 7) is 0. The first-order valence-electron chi connectivity index (χ1n) is 4.06. The van der Waals surface area contributed by atoms with Crippen molar-refractivity contribution in [1.29, 1.82) is 1.43 Å². The van der Waals surface area contributed by atoms with Crippen LogP contribution in [0, 0.1) is 0 Å². The molecule has 2 heteroatoms. The molecule has 1 aromatic rings. The molecule has 0 saturated carbocycles. The molecular formula is C5H5NO. The van der Waals surface area contributed by atoms with E-state index in [4.69, 9.17) is 6.91 Å². The second-order valence-electron chi connectivity index (χ2n) is 0.904. The minimum atomic E-state index is -0.460. The molecule has 7 heavy (non-hydrogen) atoms. The quantitative estimate of drug-likeness (QED) is 0.566. The topological polar surface area (TPSA) is 33.1 Å². The van der Waals surface area contributed by atoms with Crippen LogP contribution in [0.15, 0.2) is 24.3 Å². The number of rotatable bonds is 1. The Morgan fingerprint density at radius 1 is 1.86 bits per heavy atom. The van der Waals surface area contributed by atoms with Gasteiger partial charge in [0.1, 0.15) is 0 Å². The van der Waals surface area contributed by atoms with Crippen molar-refractivity contribution in [2.45, 2.75) is 0 Å². The van der Waals surface area contributed by atoms with Gasteiger partial charge in [0.25, 0.3) is 1.43 Å². The third kappa shape index (κ3) is 0.892. The van der Waals surface area contributed by atoms with Crippen molar-refractivity contribution < 1.29 is 10.6 Å². The van der Waals surface area contributed by atoms with E-state index in [-0.39, 0.29) is 0 Å². The molecular weight excluding hydrogens is 90.1 g/mol. The van der Waals surface area contributed by atoms with Gasteiger partial charge in [-0.2, -0.15) is 0 Å². The maximum atomic E-state index is 7.13. The molecule has 0 bridgehead atoms. The molecule has 0 amide bonds. The third-order valence-electron chi connectivity index (χ3n) is 0.445. The Morgan fingerprint density at radius 2 is 2.86 bits per heavy atom. The monoisotopic (exact) mass is 100 g/mol. The van der Waals surface area contributed by atoms with Gasteiger partial charge >= 0.3 is 0 Å². The van der Waals surface area contributed by atoms with Crippen LogP contribution in [0.1, 0.15) is 5.48 Å². The Morgan fingerprint density at radius 3 is 3.71 bits per heavy atom. The molecule has 0 unspecified atom stereocenters. The van der Waals surface area contributed by atoms with Crippen LogP contribution >= 0.6 is 0 Å². The molecule has 1 aromatic heterocycles. The summed E-state index contributed by atoms with van der Waals surface area (Å²) in [5.41, 5.74) is 0. The molecule has 0 aliphatic carbocycles. The van der Waals surface area contributed by atoms with Crippen LogP contribution in [-0.2, 0) is 0 Å². The fraction of sp³-hybridized carbons (Fsp3) is 0. The van der Waals surface area contributed by atoms with Gasteiger partial charge in [-0.15, -0.1) is 0 Å². The fourth-order valence-corrected chi connectivity index (χ4v) is 0.219. The van der Waals surface area contributed by atoms with Gasteiger partial charge in [0, 0.05) is 12.2 Å². The Hall–Kier alpha value is -1.05. The highest BCUT2D eigenvalue weighted by Crippen LogP contribution is 1.96. The highest BCUT2D eigenvalue weighted by atomic mass is 16.3. The predicted molar refractivity (Wildman–Crippen MR) is 25.9 cm³/mol. The second-order valence-corrected chi connectivity index (χ2v) is 0.904. The first-order valence-corrected chi connectivity index (χ1v) is 1.65. The lowest BCUT2D eigenvalue weighted by Crippen LogP contribution is -1.66. The van der Waals surface area contributed by atoms with Gasteiger partial charge < -0.3 is 5.11 Å². The Balaban J connectivity index is 3.39. The third-order valence-corrected chi connectivity index (χ3v) is 0.445. The molecule has 0 aromatic carbocycles. The van der Waals surface area contributed by atoms with Crippen LogP contribution in [-0.4, -0.2) is 11.5 Å². The van der Waals surface area contributed by atoms with Crippen molar-refractivity contribution in [3.05, 3.63) is 24.3 Å². The van der Waals surface area contributed by atoms with E-state index in [0.29, 0.717) is 0 Å². The van der Waals surface area contributed by atoms with Crippen LogP contribution in [0.5, 0.6) is 5.88 Å². The van der Waals surface area contributed by atoms with E-state index in [0.717, 1.165) is 0 Å². The van der Waals surface area contributed by atoms with Gasteiger partial charge in [0.15, 0.2) is 0 Å². The molecule has 0 aliphatic rings. The van der Waals surface area contributed by atoms with E-state index in [1.807, 2.05) is 0 Å². The summed E-state index contributed by atoms with van der Waals surface area (Å²) in [5, 5.41) is 3.89. The maximum absolute atomic E-state index is 7.13. The second kappa shape index (κ2) is 1.60. The summed E-state index contributed by atoms with van der Waals surface area (Å²) in [7, 11) is 0. The molecule has 0 fully saturated rings. The van der Waals surface area contributed by atoms with Crippen molar-refractivity contribution >= 4 is 0 Å². The van der Waals surface area contributed by atoms with Crippen molar-refractivity contribution in [2.75, 3.05) is 0 Å². The van der Waals surface area contributed by atoms with Crippen LogP contribution in [0.2, 0.25) is 0 Å². The molecule has 2 nitrogen and oxygen atoms in total. The molecule has 0 atom stereocenters. The molecule has 1 heterocycles. The lowest BCUT2D eigenvalue weighted by molar-refractivity contribution is 0.453. The van der Waals surface area contributed by atoms with E-state index < -0.39 is 30.2 Å². The molecule has 0 aliphatic heterocycles. The number of hydrogen-bond acceptors (Lipinski definition) is 2. The highest BCUT2D eigenvalue weighted by molar-refractivity contribution is 5.06. The summed E-state index contributed by atoms with van der Waals surface area (Å²) >= 11 is 0. The highest BCUT2D eigenvalue weighted by Gasteiger charge is 1.76. The van der Waals surface area contributed by atoms with Gasteiger partial charge in [0.2, 0.25) is 5.88 Å². The molecule has 1 rings (SSSR count). The number of nitrogens with zero attached hydrogens (tertiary/aromatic N) is 1. The number of aromatic hydroxyl groups is 1. The maximum Gasteiger partial charge on any atom is 0.295 e. The zero-order chi connectivity index (χ0) is 9.30. The average Bonchev–Trinajstić information content (AvgIpc) is 2.08. The fourth-order valence-electron chi connectivity index (χ4n) is 0.219. The zero-order valence-corrected chi connectivity index (χ0v) is 3.36. The predicted octanol–water partition coefficient (Wildman–Crippen LogP) is 0.787. The van der Waals surface area contributed by atoms with Crippen molar-refractivity contribution in [2.24, 2.45) is 0 Å². The minimum Gasteiger partial charge on any atom is -0.493 e. The lowest BCUT2D eigenvalue weighted by Gasteiger charge is -1.81. The first-order chi connectivity index (χ1) is 5.57.